The van der Waals surface area contributed by atoms with E-state index in [2.05, 4.69) is 4.72 Å². The number of hydrogen-bond donors (Lipinski definition) is 3. The number of aliphatic hydroxyl groups excluding tert-OH is 1. The second kappa shape index (κ2) is 6.28. The summed E-state index contributed by atoms with van der Waals surface area (Å²) in [6.07, 6.45) is 0.506. The zero-order valence-corrected chi connectivity index (χ0v) is 11.4. The Morgan fingerprint density at radius 2 is 2.22 bits per heavy atom. The van der Waals surface area contributed by atoms with E-state index < -0.39 is 16.0 Å². The van der Waals surface area contributed by atoms with Crippen molar-refractivity contribution in [1.29, 1.82) is 0 Å². The first-order valence-electron chi connectivity index (χ1n) is 5.29. The van der Waals surface area contributed by atoms with Crippen LogP contribution in [-0.2, 0) is 10.0 Å². The fourth-order valence-electron chi connectivity index (χ4n) is 1.23. The summed E-state index contributed by atoms with van der Waals surface area (Å²) in [6, 6.07) is 1.13. The second-order valence-corrected chi connectivity index (χ2v) is 6.60. The molecule has 0 fully saturated rings. The van der Waals surface area contributed by atoms with Crippen LogP contribution >= 0.6 is 11.3 Å². The third-order valence-electron chi connectivity index (χ3n) is 2.34. The number of carbonyl (C=O) groups is 1. The van der Waals surface area contributed by atoms with Gasteiger partial charge in [0.25, 0.3) is 0 Å². The molecule has 18 heavy (non-hydrogen) atoms. The van der Waals surface area contributed by atoms with Crippen LogP contribution in [0.5, 0.6) is 0 Å². The Kier molecular flexibility index (Phi) is 5.27. The zero-order valence-electron chi connectivity index (χ0n) is 9.79. The van der Waals surface area contributed by atoms with Gasteiger partial charge >= 0.3 is 5.97 Å². The van der Waals surface area contributed by atoms with E-state index in [9.17, 15) is 13.2 Å². The van der Waals surface area contributed by atoms with Crippen LogP contribution in [0.2, 0.25) is 0 Å². The summed E-state index contributed by atoms with van der Waals surface area (Å²) in [5.74, 6) is -1.13. The Morgan fingerprint density at radius 1 is 1.56 bits per heavy atom. The molecule has 1 heterocycles. The van der Waals surface area contributed by atoms with E-state index in [0.29, 0.717) is 6.42 Å². The van der Waals surface area contributed by atoms with Crippen molar-refractivity contribution in [3.8, 4) is 0 Å². The minimum absolute atomic E-state index is 0.00447. The Labute approximate surface area is 109 Å². The Hall–Kier alpha value is -0.960. The molecule has 8 heteroatoms. The molecule has 1 rings (SSSR count). The van der Waals surface area contributed by atoms with Gasteiger partial charge in [0.1, 0.15) is 4.88 Å². The van der Waals surface area contributed by atoms with E-state index >= 15 is 0 Å². The van der Waals surface area contributed by atoms with Crippen LogP contribution in [-0.4, -0.2) is 37.8 Å². The lowest BCUT2D eigenvalue weighted by atomic mass is 10.1. The fourth-order valence-corrected chi connectivity index (χ4v) is 3.51. The van der Waals surface area contributed by atoms with Gasteiger partial charge in [-0.25, -0.2) is 17.9 Å². The number of sulfonamides is 1. The summed E-state index contributed by atoms with van der Waals surface area (Å²) in [7, 11) is -3.67. The van der Waals surface area contributed by atoms with Crippen molar-refractivity contribution in [3.05, 3.63) is 16.3 Å². The van der Waals surface area contributed by atoms with Crippen molar-refractivity contribution in [1.82, 2.24) is 4.72 Å². The van der Waals surface area contributed by atoms with Crippen LogP contribution in [0.3, 0.4) is 0 Å². The number of carboxylic acid groups (broad SMARTS) is 1. The monoisotopic (exact) mass is 293 g/mol. The highest BCUT2D eigenvalue weighted by Gasteiger charge is 2.18. The van der Waals surface area contributed by atoms with Gasteiger partial charge in [-0.15, -0.1) is 11.3 Å². The summed E-state index contributed by atoms with van der Waals surface area (Å²) in [4.78, 5) is 10.6. The average Bonchev–Trinajstić information content (AvgIpc) is 2.77. The van der Waals surface area contributed by atoms with Gasteiger partial charge in [-0.3, -0.25) is 0 Å². The van der Waals surface area contributed by atoms with Crippen LogP contribution in [0.15, 0.2) is 16.3 Å². The third kappa shape index (κ3) is 4.05. The summed E-state index contributed by atoms with van der Waals surface area (Å²) in [5.41, 5.74) is 0. The first kappa shape index (κ1) is 15.1. The summed E-state index contributed by atoms with van der Waals surface area (Å²) in [6.45, 7) is 2.03. The molecule has 0 saturated heterocycles. The van der Waals surface area contributed by atoms with Crippen molar-refractivity contribution >= 4 is 27.3 Å². The number of aliphatic hydroxyl groups is 1. The van der Waals surface area contributed by atoms with E-state index in [1.165, 1.54) is 5.38 Å². The Morgan fingerprint density at radius 3 is 2.72 bits per heavy atom. The lowest BCUT2D eigenvalue weighted by Crippen LogP contribution is -2.28. The first-order valence-corrected chi connectivity index (χ1v) is 7.65. The molecule has 0 aliphatic rings. The largest absolute Gasteiger partial charge is 0.477 e. The molecule has 0 saturated carbocycles. The smallest absolute Gasteiger partial charge is 0.345 e. The molecule has 102 valence electrons. The topological polar surface area (TPSA) is 104 Å². The normalized spacial score (nSPS) is 13.4. The number of thiophene rings is 1. The molecule has 3 N–H and O–H groups in total. The maximum absolute atomic E-state index is 11.8. The first-order chi connectivity index (χ1) is 8.36. The quantitative estimate of drug-likeness (QED) is 0.688. The standard InChI is InChI=1S/C10H15NO5S2/c1-7(2-3-12)5-11-18(15,16)8-4-9(10(13)14)17-6-8/h4,6-7,11-12H,2-3,5H2,1H3,(H,13,14). The van der Waals surface area contributed by atoms with Crippen molar-refractivity contribution in [3.63, 3.8) is 0 Å². The molecule has 0 bridgehead atoms. The van der Waals surface area contributed by atoms with E-state index in [0.717, 1.165) is 17.4 Å². The molecule has 0 aliphatic carbocycles. The van der Waals surface area contributed by atoms with Crippen LogP contribution in [0, 0.1) is 5.92 Å². The molecule has 0 amide bonds. The van der Waals surface area contributed by atoms with Gasteiger partial charge in [0, 0.05) is 18.5 Å². The number of nitrogens with one attached hydrogen (secondary N) is 1. The predicted octanol–water partition coefficient (Wildman–Crippen LogP) is 0.743. The highest BCUT2D eigenvalue weighted by molar-refractivity contribution is 7.89. The van der Waals surface area contributed by atoms with Gasteiger partial charge in [-0.2, -0.15) is 0 Å². The van der Waals surface area contributed by atoms with Crippen molar-refractivity contribution < 1.29 is 23.4 Å². The highest BCUT2D eigenvalue weighted by atomic mass is 32.2. The molecule has 0 aromatic carbocycles. The Balaban J connectivity index is 2.71. The maximum Gasteiger partial charge on any atom is 0.345 e. The molecule has 1 aromatic rings. The van der Waals surface area contributed by atoms with Crippen molar-refractivity contribution in [2.24, 2.45) is 5.92 Å². The number of rotatable bonds is 7. The van der Waals surface area contributed by atoms with Crippen molar-refractivity contribution in [2.75, 3.05) is 13.2 Å². The summed E-state index contributed by atoms with van der Waals surface area (Å²) < 4.78 is 26.0. The summed E-state index contributed by atoms with van der Waals surface area (Å²) >= 11 is 0.870. The molecule has 0 radical (unpaired) electrons. The van der Waals surface area contributed by atoms with Gasteiger partial charge in [0.15, 0.2) is 0 Å². The minimum atomic E-state index is -3.67. The number of aromatic carboxylic acids is 1. The van der Waals surface area contributed by atoms with Gasteiger partial charge in [-0.1, -0.05) is 6.92 Å². The van der Waals surface area contributed by atoms with Gasteiger partial charge in [0.2, 0.25) is 10.0 Å². The fraction of sp³-hybridized carbons (Fsp3) is 0.500. The van der Waals surface area contributed by atoms with Gasteiger partial charge in [0.05, 0.1) is 4.90 Å². The van der Waals surface area contributed by atoms with Crippen LogP contribution in [0.4, 0.5) is 0 Å². The minimum Gasteiger partial charge on any atom is -0.477 e. The van der Waals surface area contributed by atoms with Crippen LogP contribution in [0.1, 0.15) is 23.0 Å². The molecule has 0 aliphatic heterocycles. The second-order valence-electron chi connectivity index (χ2n) is 3.92. The lowest BCUT2D eigenvalue weighted by Gasteiger charge is -2.10. The zero-order chi connectivity index (χ0) is 13.8. The molecule has 1 atom stereocenters. The molecule has 1 aromatic heterocycles. The molecule has 1 unspecified atom stereocenters. The number of carboxylic acids is 1. The molecular formula is C10H15NO5S2. The van der Waals surface area contributed by atoms with Crippen LogP contribution < -0.4 is 4.72 Å². The number of hydrogen-bond acceptors (Lipinski definition) is 5. The van der Waals surface area contributed by atoms with E-state index in [4.69, 9.17) is 10.2 Å². The molecule has 6 nitrogen and oxygen atoms in total. The van der Waals surface area contributed by atoms with Gasteiger partial charge < -0.3 is 10.2 Å². The maximum atomic E-state index is 11.8. The van der Waals surface area contributed by atoms with Crippen LogP contribution in [0.25, 0.3) is 0 Å². The lowest BCUT2D eigenvalue weighted by molar-refractivity contribution is 0.0702. The average molecular weight is 293 g/mol. The Bertz CT molecular complexity index is 508. The predicted molar refractivity (Wildman–Crippen MR) is 67.3 cm³/mol. The van der Waals surface area contributed by atoms with Crippen molar-refractivity contribution in [2.45, 2.75) is 18.2 Å². The molecule has 0 spiro atoms. The SMILES string of the molecule is CC(CCO)CNS(=O)(=O)c1csc(C(=O)O)c1. The molecular weight excluding hydrogens is 278 g/mol. The summed E-state index contributed by atoms with van der Waals surface area (Å²) in [5, 5.41) is 18.7. The third-order valence-corrected chi connectivity index (χ3v) is 4.81. The van der Waals surface area contributed by atoms with E-state index in [1.54, 1.807) is 0 Å². The van der Waals surface area contributed by atoms with E-state index in [-0.39, 0.29) is 28.8 Å². The van der Waals surface area contributed by atoms with E-state index in [1.807, 2.05) is 6.92 Å². The van der Waals surface area contributed by atoms with Gasteiger partial charge in [-0.05, 0) is 18.4 Å². The highest BCUT2D eigenvalue weighted by Crippen LogP contribution is 2.19.